The fourth-order valence-electron chi connectivity index (χ4n) is 2.30. The summed E-state index contributed by atoms with van der Waals surface area (Å²) in [6.45, 7) is 6.66. The van der Waals surface area contributed by atoms with E-state index in [9.17, 15) is 0 Å². The van der Waals surface area contributed by atoms with Crippen LogP contribution < -0.4 is 5.32 Å². The maximum atomic E-state index is 3.69. The van der Waals surface area contributed by atoms with Crippen molar-refractivity contribution in [3.05, 3.63) is 71.8 Å². The van der Waals surface area contributed by atoms with E-state index in [0.717, 1.165) is 0 Å². The summed E-state index contributed by atoms with van der Waals surface area (Å²) in [6.07, 6.45) is 0. The van der Waals surface area contributed by atoms with Crippen LogP contribution in [0.2, 0.25) is 0 Å². The smallest absolute Gasteiger partial charge is 0.0382 e. The Morgan fingerprint density at radius 1 is 0.833 bits per heavy atom. The topological polar surface area (TPSA) is 12.0 Å². The van der Waals surface area contributed by atoms with Gasteiger partial charge < -0.3 is 5.32 Å². The Balaban J connectivity index is 2.14. The molecule has 0 heterocycles. The van der Waals surface area contributed by atoms with Crippen LogP contribution in [0.4, 0.5) is 0 Å². The summed E-state index contributed by atoms with van der Waals surface area (Å²) in [4.78, 5) is 0. The molecule has 1 unspecified atom stereocenters. The van der Waals surface area contributed by atoms with Crippen LogP contribution in [0.3, 0.4) is 0 Å². The van der Waals surface area contributed by atoms with E-state index >= 15 is 0 Å². The van der Waals surface area contributed by atoms with Gasteiger partial charge in [-0.15, -0.1) is 0 Å². The first-order valence-electron chi connectivity index (χ1n) is 6.48. The summed E-state index contributed by atoms with van der Waals surface area (Å²) >= 11 is 0. The third-order valence-electron chi connectivity index (χ3n) is 3.37. The Morgan fingerprint density at radius 3 is 1.89 bits per heavy atom. The van der Waals surface area contributed by atoms with Crippen molar-refractivity contribution < 1.29 is 0 Å². The van der Waals surface area contributed by atoms with Gasteiger partial charge >= 0.3 is 0 Å². The van der Waals surface area contributed by atoms with Gasteiger partial charge in [0.05, 0.1) is 0 Å². The summed E-state index contributed by atoms with van der Waals surface area (Å²) in [6, 6.07) is 21.5. The highest BCUT2D eigenvalue weighted by atomic mass is 15.0. The number of benzene rings is 2. The van der Waals surface area contributed by atoms with Crippen LogP contribution in [0.1, 0.15) is 37.9 Å². The van der Waals surface area contributed by atoms with Crippen molar-refractivity contribution in [3.8, 4) is 0 Å². The normalized spacial score (nSPS) is 13.3. The first kappa shape index (κ1) is 12.8. The quantitative estimate of drug-likeness (QED) is 0.840. The molecule has 2 aromatic carbocycles. The predicted molar refractivity (Wildman–Crippen MR) is 77.5 cm³/mol. The van der Waals surface area contributed by atoms with Gasteiger partial charge in [-0.3, -0.25) is 0 Å². The lowest BCUT2D eigenvalue weighted by Crippen LogP contribution is -2.38. The minimum Gasteiger partial charge on any atom is -0.301 e. The van der Waals surface area contributed by atoms with Gasteiger partial charge in [-0.25, -0.2) is 0 Å². The SMILES string of the molecule is CC(NC(C)(C)c1ccccc1)c1ccccc1. The number of hydrogen-bond acceptors (Lipinski definition) is 1. The van der Waals surface area contributed by atoms with Crippen LogP contribution in [-0.2, 0) is 5.54 Å². The van der Waals surface area contributed by atoms with Crippen molar-refractivity contribution in [1.29, 1.82) is 0 Å². The van der Waals surface area contributed by atoms with Crippen LogP contribution in [0, 0.1) is 0 Å². The molecule has 0 bridgehead atoms. The van der Waals surface area contributed by atoms with Crippen molar-refractivity contribution in [2.75, 3.05) is 0 Å². The average Bonchev–Trinajstić information content (AvgIpc) is 2.40. The highest BCUT2D eigenvalue weighted by molar-refractivity contribution is 5.24. The average molecular weight is 239 g/mol. The maximum absolute atomic E-state index is 3.69. The first-order valence-corrected chi connectivity index (χ1v) is 6.48. The maximum Gasteiger partial charge on any atom is 0.0382 e. The van der Waals surface area contributed by atoms with Gasteiger partial charge in [0, 0.05) is 11.6 Å². The fraction of sp³-hybridized carbons (Fsp3) is 0.294. The molecule has 0 amide bonds. The Kier molecular flexibility index (Phi) is 3.83. The fourth-order valence-corrected chi connectivity index (χ4v) is 2.30. The second kappa shape index (κ2) is 5.36. The van der Waals surface area contributed by atoms with Crippen molar-refractivity contribution >= 4 is 0 Å². The largest absolute Gasteiger partial charge is 0.301 e. The summed E-state index contributed by atoms with van der Waals surface area (Å²) in [5.74, 6) is 0. The molecule has 0 saturated carbocycles. The second-order valence-corrected chi connectivity index (χ2v) is 5.27. The molecule has 2 aromatic rings. The van der Waals surface area contributed by atoms with Crippen molar-refractivity contribution in [1.82, 2.24) is 5.32 Å². The predicted octanol–water partition coefficient (Wildman–Crippen LogP) is 4.27. The van der Waals surface area contributed by atoms with E-state index in [1.807, 2.05) is 0 Å². The first-order chi connectivity index (χ1) is 8.59. The molecule has 0 radical (unpaired) electrons. The van der Waals surface area contributed by atoms with Gasteiger partial charge in [-0.2, -0.15) is 0 Å². The molecule has 0 aliphatic carbocycles. The molecule has 1 N–H and O–H groups in total. The van der Waals surface area contributed by atoms with E-state index in [-0.39, 0.29) is 5.54 Å². The lowest BCUT2D eigenvalue weighted by molar-refractivity contribution is 0.357. The van der Waals surface area contributed by atoms with E-state index < -0.39 is 0 Å². The molecule has 0 aliphatic rings. The third kappa shape index (κ3) is 2.99. The van der Waals surface area contributed by atoms with Crippen LogP contribution in [0.5, 0.6) is 0 Å². The molecular weight excluding hydrogens is 218 g/mol. The van der Waals surface area contributed by atoms with Gasteiger partial charge in [-0.05, 0) is 31.9 Å². The van der Waals surface area contributed by atoms with Crippen LogP contribution >= 0.6 is 0 Å². The molecule has 1 nitrogen and oxygen atoms in total. The Morgan fingerprint density at radius 2 is 1.33 bits per heavy atom. The Labute approximate surface area is 110 Å². The molecule has 0 aromatic heterocycles. The molecule has 0 aliphatic heterocycles. The molecule has 94 valence electrons. The van der Waals surface area contributed by atoms with Gasteiger partial charge in [0.2, 0.25) is 0 Å². The van der Waals surface area contributed by atoms with E-state index in [0.29, 0.717) is 6.04 Å². The molecule has 0 spiro atoms. The summed E-state index contributed by atoms with van der Waals surface area (Å²) in [5, 5.41) is 3.69. The minimum absolute atomic E-state index is 0.0312. The van der Waals surface area contributed by atoms with Gasteiger partial charge in [-0.1, -0.05) is 60.7 Å². The van der Waals surface area contributed by atoms with E-state index in [4.69, 9.17) is 0 Å². The highest BCUT2D eigenvalue weighted by Crippen LogP contribution is 2.24. The summed E-state index contributed by atoms with van der Waals surface area (Å²) in [5.41, 5.74) is 2.60. The number of rotatable bonds is 4. The zero-order valence-corrected chi connectivity index (χ0v) is 11.4. The zero-order chi connectivity index (χ0) is 13.0. The monoisotopic (exact) mass is 239 g/mol. The molecule has 0 fully saturated rings. The third-order valence-corrected chi connectivity index (χ3v) is 3.37. The molecular formula is C17H21N. The van der Waals surface area contributed by atoms with Crippen LogP contribution in [0.25, 0.3) is 0 Å². The molecule has 1 heteroatoms. The summed E-state index contributed by atoms with van der Waals surface area (Å²) < 4.78 is 0. The molecule has 0 saturated heterocycles. The van der Waals surface area contributed by atoms with Gasteiger partial charge in [0.1, 0.15) is 0 Å². The lowest BCUT2D eigenvalue weighted by atomic mass is 9.92. The van der Waals surface area contributed by atoms with Gasteiger partial charge in [0.15, 0.2) is 0 Å². The van der Waals surface area contributed by atoms with E-state index in [1.54, 1.807) is 0 Å². The molecule has 18 heavy (non-hydrogen) atoms. The number of nitrogens with one attached hydrogen (secondary N) is 1. The molecule has 1 atom stereocenters. The highest BCUT2D eigenvalue weighted by Gasteiger charge is 2.22. The van der Waals surface area contributed by atoms with Gasteiger partial charge in [0.25, 0.3) is 0 Å². The minimum atomic E-state index is -0.0312. The standard InChI is InChI=1S/C17H21N/c1-14(15-10-6-4-7-11-15)18-17(2,3)16-12-8-5-9-13-16/h4-14,18H,1-3H3. The zero-order valence-electron chi connectivity index (χ0n) is 11.4. The van der Waals surface area contributed by atoms with Crippen molar-refractivity contribution in [2.45, 2.75) is 32.4 Å². The molecule has 2 rings (SSSR count). The van der Waals surface area contributed by atoms with E-state index in [2.05, 4.69) is 86.8 Å². The van der Waals surface area contributed by atoms with Crippen LogP contribution in [0.15, 0.2) is 60.7 Å². The van der Waals surface area contributed by atoms with Crippen molar-refractivity contribution in [3.63, 3.8) is 0 Å². The number of hydrogen-bond donors (Lipinski definition) is 1. The second-order valence-electron chi connectivity index (χ2n) is 5.27. The van der Waals surface area contributed by atoms with Crippen LogP contribution in [-0.4, -0.2) is 0 Å². The Bertz CT molecular complexity index is 473. The summed E-state index contributed by atoms with van der Waals surface area (Å²) in [7, 11) is 0. The Hall–Kier alpha value is -1.60. The lowest BCUT2D eigenvalue weighted by Gasteiger charge is -2.31. The van der Waals surface area contributed by atoms with E-state index in [1.165, 1.54) is 11.1 Å². The van der Waals surface area contributed by atoms with Crippen molar-refractivity contribution in [2.24, 2.45) is 0 Å².